The Morgan fingerprint density at radius 2 is 1.86 bits per heavy atom. The van der Waals surface area contributed by atoms with Crippen molar-refractivity contribution in [2.24, 2.45) is 5.92 Å². The van der Waals surface area contributed by atoms with E-state index in [0.29, 0.717) is 24.0 Å². The van der Waals surface area contributed by atoms with Gasteiger partial charge in [0.15, 0.2) is 5.76 Å². The van der Waals surface area contributed by atoms with E-state index < -0.39 is 5.91 Å². The molecule has 3 aromatic rings. The van der Waals surface area contributed by atoms with Crippen LogP contribution < -0.4 is 16.2 Å². The molecule has 0 aliphatic carbocycles. The number of carbonyl (C=O) groups is 3. The Kier molecular flexibility index (Phi) is 5.03. The van der Waals surface area contributed by atoms with E-state index in [1.165, 1.54) is 0 Å². The van der Waals surface area contributed by atoms with Gasteiger partial charge in [-0.1, -0.05) is 36.4 Å². The quantitative estimate of drug-likeness (QED) is 0.595. The molecule has 0 fully saturated rings. The number of carbonyl (C=O) groups excluding carboxylic acids is 3. The van der Waals surface area contributed by atoms with Gasteiger partial charge in [-0.05, 0) is 37.5 Å². The van der Waals surface area contributed by atoms with Crippen LogP contribution in [0.5, 0.6) is 0 Å². The van der Waals surface area contributed by atoms with E-state index in [0.717, 1.165) is 16.6 Å². The smallest absolute Gasteiger partial charge is 0.305 e. The fourth-order valence-electron chi connectivity index (χ4n) is 3.59. The molecule has 1 aromatic heterocycles. The van der Waals surface area contributed by atoms with E-state index >= 15 is 0 Å². The van der Waals surface area contributed by atoms with Gasteiger partial charge < -0.3 is 9.73 Å². The average molecular weight is 391 g/mol. The fraction of sp³-hybridized carbons (Fsp3) is 0.227. The molecule has 7 heteroatoms. The molecule has 2 heterocycles. The Balaban J connectivity index is 1.30. The Hall–Kier alpha value is -3.61. The maximum Gasteiger partial charge on any atom is 0.305 e. The van der Waals surface area contributed by atoms with Crippen LogP contribution in [0.2, 0.25) is 0 Å². The number of hydrogen-bond donors (Lipinski definition) is 3. The Bertz CT molecular complexity index is 1100. The molecule has 29 heavy (non-hydrogen) atoms. The summed E-state index contributed by atoms with van der Waals surface area (Å²) in [5.41, 5.74) is 7.99. The Labute approximate surface area is 167 Å². The molecular weight excluding hydrogens is 370 g/mol. The van der Waals surface area contributed by atoms with E-state index in [4.69, 9.17) is 4.42 Å². The zero-order valence-electron chi connectivity index (χ0n) is 16.0. The molecule has 1 aliphatic heterocycles. The van der Waals surface area contributed by atoms with Crippen LogP contribution in [0.4, 0.5) is 5.69 Å². The largest absolute Gasteiger partial charge is 0.451 e. The lowest BCUT2D eigenvalue weighted by Crippen LogP contribution is -2.42. The molecule has 0 bridgehead atoms. The summed E-state index contributed by atoms with van der Waals surface area (Å²) in [6, 6.07) is 15.0. The summed E-state index contributed by atoms with van der Waals surface area (Å²) >= 11 is 0. The third kappa shape index (κ3) is 3.85. The first-order valence-corrected chi connectivity index (χ1v) is 9.49. The molecule has 0 saturated carbocycles. The molecule has 4 rings (SSSR count). The summed E-state index contributed by atoms with van der Waals surface area (Å²) in [5.74, 6) is -1.08. The van der Waals surface area contributed by atoms with Gasteiger partial charge in [0, 0.05) is 29.0 Å². The molecule has 0 saturated heterocycles. The molecule has 0 spiro atoms. The highest BCUT2D eigenvalue weighted by molar-refractivity contribution is 5.99. The van der Waals surface area contributed by atoms with Crippen molar-refractivity contribution in [1.29, 1.82) is 0 Å². The summed E-state index contributed by atoms with van der Waals surface area (Å²) in [5, 5.41) is 3.73. The highest BCUT2D eigenvalue weighted by atomic mass is 16.3. The van der Waals surface area contributed by atoms with Gasteiger partial charge >= 0.3 is 5.91 Å². The van der Waals surface area contributed by atoms with Crippen LogP contribution in [0, 0.1) is 12.8 Å². The van der Waals surface area contributed by atoms with Crippen molar-refractivity contribution in [1.82, 2.24) is 10.9 Å². The molecule has 3 N–H and O–H groups in total. The molecule has 1 aliphatic rings. The predicted octanol–water partition coefficient (Wildman–Crippen LogP) is 3.09. The molecule has 3 amide bonds. The molecule has 7 nitrogen and oxygen atoms in total. The third-order valence-corrected chi connectivity index (χ3v) is 5.20. The second-order valence-corrected chi connectivity index (χ2v) is 7.14. The van der Waals surface area contributed by atoms with Crippen molar-refractivity contribution in [3.63, 3.8) is 0 Å². The number of rotatable bonds is 4. The zero-order chi connectivity index (χ0) is 20.4. The first-order valence-electron chi connectivity index (χ1n) is 9.49. The lowest BCUT2D eigenvalue weighted by molar-refractivity contribution is -0.123. The number of nitrogens with one attached hydrogen (secondary N) is 3. The van der Waals surface area contributed by atoms with E-state index in [1.807, 2.05) is 42.5 Å². The molecule has 148 valence electrons. The van der Waals surface area contributed by atoms with Crippen LogP contribution in [0.25, 0.3) is 11.0 Å². The van der Waals surface area contributed by atoms with E-state index in [9.17, 15) is 14.4 Å². The number of furan rings is 1. The highest BCUT2D eigenvalue weighted by Crippen LogP contribution is 2.27. The maximum atomic E-state index is 12.4. The van der Waals surface area contributed by atoms with Gasteiger partial charge in [0.05, 0.1) is 0 Å². The monoisotopic (exact) mass is 391 g/mol. The zero-order valence-corrected chi connectivity index (χ0v) is 16.0. The van der Waals surface area contributed by atoms with Crippen LogP contribution >= 0.6 is 0 Å². The predicted molar refractivity (Wildman–Crippen MR) is 108 cm³/mol. The average Bonchev–Trinajstić information content (AvgIpc) is 3.07. The minimum absolute atomic E-state index is 0.0848. The van der Waals surface area contributed by atoms with Gasteiger partial charge in [-0.25, -0.2) is 0 Å². The SMILES string of the molecule is Cc1c(C(=O)NNC(=O)CCC2Cc3ccccc3NC2=O)oc2ccccc12. The number of benzene rings is 2. The van der Waals surface area contributed by atoms with Gasteiger partial charge in [0.25, 0.3) is 0 Å². The number of hydrogen-bond acceptors (Lipinski definition) is 4. The maximum absolute atomic E-state index is 12.4. The number of hydrazine groups is 1. The molecule has 2 aromatic carbocycles. The second-order valence-electron chi connectivity index (χ2n) is 7.14. The Morgan fingerprint density at radius 3 is 2.69 bits per heavy atom. The molecular formula is C22H21N3O4. The topological polar surface area (TPSA) is 100 Å². The van der Waals surface area contributed by atoms with Crippen LogP contribution in [-0.4, -0.2) is 17.7 Å². The number of fused-ring (bicyclic) bond motifs is 2. The van der Waals surface area contributed by atoms with Gasteiger partial charge in [-0.2, -0.15) is 0 Å². The summed E-state index contributed by atoms with van der Waals surface area (Å²) < 4.78 is 5.58. The van der Waals surface area contributed by atoms with Crippen LogP contribution in [0.1, 0.15) is 34.5 Å². The summed E-state index contributed by atoms with van der Waals surface area (Å²) in [6.45, 7) is 1.79. The number of anilines is 1. The van der Waals surface area contributed by atoms with Gasteiger partial charge in [0.1, 0.15) is 5.58 Å². The summed E-state index contributed by atoms with van der Waals surface area (Å²) in [6.07, 6.45) is 1.12. The van der Waals surface area contributed by atoms with Gasteiger partial charge in [-0.15, -0.1) is 0 Å². The van der Waals surface area contributed by atoms with Gasteiger partial charge in [0.2, 0.25) is 11.8 Å². The minimum Gasteiger partial charge on any atom is -0.451 e. The Morgan fingerprint density at radius 1 is 1.10 bits per heavy atom. The van der Waals surface area contributed by atoms with Crippen molar-refractivity contribution in [3.8, 4) is 0 Å². The normalized spacial score (nSPS) is 15.5. The minimum atomic E-state index is -0.517. The number of aryl methyl sites for hydroxylation is 1. The van der Waals surface area contributed by atoms with E-state index in [2.05, 4.69) is 16.2 Å². The lowest BCUT2D eigenvalue weighted by Gasteiger charge is -2.24. The lowest BCUT2D eigenvalue weighted by atomic mass is 9.89. The van der Waals surface area contributed by atoms with Crippen molar-refractivity contribution in [2.45, 2.75) is 26.2 Å². The third-order valence-electron chi connectivity index (χ3n) is 5.20. The van der Waals surface area contributed by atoms with E-state index in [-0.39, 0.29) is 29.9 Å². The molecule has 1 atom stereocenters. The van der Waals surface area contributed by atoms with Crippen molar-refractivity contribution >= 4 is 34.4 Å². The summed E-state index contributed by atoms with van der Waals surface area (Å²) in [7, 11) is 0. The van der Waals surface area contributed by atoms with Crippen LogP contribution in [-0.2, 0) is 16.0 Å². The molecule has 0 radical (unpaired) electrons. The first-order chi connectivity index (χ1) is 14.0. The van der Waals surface area contributed by atoms with Crippen LogP contribution in [0.15, 0.2) is 52.9 Å². The summed E-state index contributed by atoms with van der Waals surface area (Å²) in [4.78, 5) is 36.7. The highest BCUT2D eigenvalue weighted by Gasteiger charge is 2.26. The number of para-hydroxylation sites is 2. The number of amides is 3. The van der Waals surface area contributed by atoms with Crippen molar-refractivity contribution < 1.29 is 18.8 Å². The van der Waals surface area contributed by atoms with Crippen molar-refractivity contribution in [2.75, 3.05) is 5.32 Å². The van der Waals surface area contributed by atoms with Crippen LogP contribution in [0.3, 0.4) is 0 Å². The molecule has 1 unspecified atom stereocenters. The van der Waals surface area contributed by atoms with Crippen molar-refractivity contribution in [3.05, 3.63) is 65.4 Å². The standard InChI is InChI=1S/C22H21N3O4/c1-13-16-7-3-5-9-18(16)29-20(13)22(28)25-24-19(26)11-10-15-12-14-6-2-4-8-17(14)23-21(15)27/h2-9,15H,10-12H2,1H3,(H,23,27)(H,24,26)(H,25,28). The second kappa shape index (κ2) is 7.79. The first kappa shape index (κ1) is 18.7. The van der Waals surface area contributed by atoms with Gasteiger partial charge in [-0.3, -0.25) is 25.2 Å². The fourth-order valence-corrected chi connectivity index (χ4v) is 3.59. The van der Waals surface area contributed by atoms with E-state index in [1.54, 1.807) is 13.0 Å².